The van der Waals surface area contributed by atoms with Crippen molar-refractivity contribution in [3.63, 3.8) is 0 Å². The highest BCUT2D eigenvalue weighted by Crippen LogP contribution is 2.31. The first-order valence-corrected chi connectivity index (χ1v) is 8.43. The molecule has 3 heteroatoms. The van der Waals surface area contributed by atoms with E-state index in [1.807, 2.05) is 13.0 Å². The normalized spacial score (nSPS) is 25.5. The second-order valence-corrected chi connectivity index (χ2v) is 6.64. The van der Waals surface area contributed by atoms with Gasteiger partial charge in [-0.05, 0) is 25.3 Å². The lowest BCUT2D eigenvalue weighted by Gasteiger charge is -2.41. The molecular formula is C19H26N2O. The molecule has 1 amide bonds. The van der Waals surface area contributed by atoms with Gasteiger partial charge in [0.2, 0.25) is 5.91 Å². The van der Waals surface area contributed by atoms with E-state index < -0.39 is 0 Å². The fourth-order valence-electron chi connectivity index (χ4n) is 3.94. The fraction of sp³-hybridized carbons (Fsp3) is 0.526. The Hall–Kier alpha value is -1.61. The highest BCUT2D eigenvalue weighted by Gasteiger charge is 2.41. The summed E-state index contributed by atoms with van der Waals surface area (Å²) in [5.74, 6) is 0.337. The molecule has 3 nitrogen and oxygen atoms in total. The van der Waals surface area contributed by atoms with Crippen LogP contribution in [-0.4, -0.2) is 47.4 Å². The van der Waals surface area contributed by atoms with E-state index in [9.17, 15) is 4.79 Å². The van der Waals surface area contributed by atoms with Gasteiger partial charge < -0.3 is 4.90 Å². The Kier molecular flexibility index (Phi) is 4.63. The van der Waals surface area contributed by atoms with Gasteiger partial charge in [-0.2, -0.15) is 0 Å². The average Bonchev–Trinajstić information content (AvgIpc) is 2.78. The first kappa shape index (κ1) is 15.3. The molecule has 0 saturated carbocycles. The predicted molar refractivity (Wildman–Crippen MR) is 90.5 cm³/mol. The summed E-state index contributed by atoms with van der Waals surface area (Å²) in [5.41, 5.74) is 2.66. The van der Waals surface area contributed by atoms with Crippen molar-refractivity contribution < 1.29 is 4.79 Å². The number of nitrogens with zero attached hydrogens (tertiary/aromatic N) is 2. The summed E-state index contributed by atoms with van der Waals surface area (Å²) in [5, 5.41) is 0. The van der Waals surface area contributed by atoms with E-state index in [0.29, 0.717) is 24.4 Å². The van der Waals surface area contributed by atoms with Crippen LogP contribution in [0.1, 0.15) is 38.7 Å². The molecule has 2 fully saturated rings. The zero-order chi connectivity index (χ0) is 15.5. The van der Waals surface area contributed by atoms with Gasteiger partial charge in [0.15, 0.2) is 0 Å². The van der Waals surface area contributed by atoms with Crippen molar-refractivity contribution in [3.05, 3.63) is 41.5 Å². The fourth-order valence-corrected chi connectivity index (χ4v) is 3.94. The van der Waals surface area contributed by atoms with Gasteiger partial charge in [0, 0.05) is 38.1 Å². The number of likely N-dealkylation sites (tertiary alicyclic amines) is 1. The molecule has 1 aromatic rings. The lowest BCUT2D eigenvalue weighted by Crippen LogP contribution is -2.55. The molecule has 2 aliphatic heterocycles. The summed E-state index contributed by atoms with van der Waals surface area (Å²) in [7, 11) is 0. The summed E-state index contributed by atoms with van der Waals surface area (Å²) < 4.78 is 0. The van der Waals surface area contributed by atoms with Crippen LogP contribution in [0.3, 0.4) is 0 Å². The Labute approximate surface area is 133 Å². The predicted octanol–water partition coefficient (Wildman–Crippen LogP) is 3.18. The monoisotopic (exact) mass is 298 g/mol. The van der Waals surface area contributed by atoms with E-state index in [4.69, 9.17) is 0 Å². The standard InChI is InChI=1S/C19H26N2O/c1-3-19(22)21-17-9-10-18(21)14-20(13-17)12-15(2)11-16-7-5-4-6-8-16/h4-8,11,17-18H,3,9-10,12-14H2,1-2H3. The zero-order valence-corrected chi connectivity index (χ0v) is 13.7. The summed E-state index contributed by atoms with van der Waals surface area (Å²) in [4.78, 5) is 16.8. The van der Waals surface area contributed by atoms with E-state index in [-0.39, 0.29) is 0 Å². The van der Waals surface area contributed by atoms with E-state index >= 15 is 0 Å². The lowest BCUT2D eigenvalue weighted by molar-refractivity contribution is -0.136. The summed E-state index contributed by atoms with van der Waals surface area (Å²) in [6, 6.07) is 11.4. The second-order valence-electron chi connectivity index (χ2n) is 6.64. The molecule has 0 aromatic heterocycles. The number of carbonyl (C=O) groups excluding carboxylic acids is 1. The molecule has 22 heavy (non-hydrogen) atoms. The quantitative estimate of drug-likeness (QED) is 0.852. The molecule has 1 aromatic carbocycles. The number of fused-ring (bicyclic) bond motifs is 2. The zero-order valence-electron chi connectivity index (χ0n) is 13.7. The molecule has 2 atom stereocenters. The molecule has 2 heterocycles. The van der Waals surface area contributed by atoms with Gasteiger partial charge in [0.1, 0.15) is 0 Å². The third-order valence-electron chi connectivity index (χ3n) is 4.83. The minimum Gasteiger partial charge on any atom is -0.334 e. The molecule has 0 N–H and O–H groups in total. The van der Waals surface area contributed by atoms with Crippen molar-refractivity contribution in [2.24, 2.45) is 0 Å². The van der Waals surface area contributed by atoms with Crippen LogP contribution >= 0.6 is 0 Å². The maximum absolute atomic E-state index is 12.1. The largest absolute Gasteiger partial charge is 0.334 e. The number of carbonyl (C=O) groups is 1. The van der Waals surface area contributed by atoms with Gasteiger partial charge in [-0.15, -0.1) is 0 Å². The molecule has 0 aliphatic carbocycles. The van der Waals surface area contributed by atoms with Crippen LogP contribution in [0.25, 0.3) is 6.08 Å². The van der Waals surface area contributed by atoms with Crippen LogP contribution in [0.5, 0.6) is 0 Å². The van der Waals surface area contributed by atoms with Crippen molar-refractivity contribution >= 4 is 12.0 Å². The van der Waals surface area contributed by atoms with Crippen molar-refractivity contribution in [2.75, 3.05) is 19.6 Å². The number of piperazine rings is 1. The van der Waals surface area contributed by atoms with Gasteiger partial charge in [0.05, 0.1) is 0 Å². The van der Waals surface area contributed by atoms with E-state index in [0.717, 1.165) is 19.6 Å². The summed E-state index contributed by atoms with van der Waals surface area (Å²) in [6.07, 6.45) is 5.26. The van der Waals surface area contributed by atoms with Crippen molar-refractivity contribution in [1.82, 2.24) is 9.80 Å². The minimum absolute atomic E-state index is 0.337. The molecule has 0 radical (unpaired) electrons. The van der Waals surface area contributed by atoms with E-state index in [1.54, 1.807) is 0 Å². The SMILES string of the molecule is CCC(=O)N1C2CCC1CN(CC(C)=Cc1ccccc1)C2. The smallest absolute Gasteiger partial charge is 0.222 e. The Morgan fingerprint density at radius 1 is 1.18 bits per heavy atom. The molecular weight excluding hydrogens is 272 g/mol. The Morgan fingerprint density at radius 3 is 2.41 bits per heavy atom. The molecule has 0 spiro atoms. The molecule has 2 bridgehead atoms. The van der Waals surface area contributed by atoms with Gasteiger partial charge in [-0.1, -0.05) is 48.9 Å². The minimum atomic E-state index is 0.337. The first-order chi connectivity index (χ1) is 10.7. The van der Waals surface area contributed by atoms with Crippen molar-refractivity contribution in [1.29, 1.82) is 0 Å². The third kappa shape index (κ3) is 3.25. The van der Waals surface area contributed by atoms with E-state index in [1.165, 1.54) is 24.0 Å². The van der Waals surface area contributed by atoms with Gasteiger partial charge in [-0.3, -0.25) is 9.69 Å². The Morgan fingerprint density at radius 2 is 1.82 bits per heavy atom. The topological polar surface area (TPSA) is 23.6 Å². The lowest BCUT2D eigenvalue weighted by atomic mass is 10.1. The highest BCUT2D eigenvalue weighted by atomic mass is 16.2. The van der Waals surface area contributed by atoms with Crippen LogP contribution in [0.4, 0.5) is 0 Å². The van der Waals surface area contributed by atoms with Crippen molar-refractivity contribution in [3.8, 4) is 0 Å². The number of hydrogen-bond acceptors (Lipinski definition) is 2. The number of benzene rings is 1. The maximum atomic E-state index is 12.1. The molecule has 2 unspecified atom stereocenters. The maximum Gasteiger partial charge on any atom is 0.222 e. The van der Waals surface area contributed by atoms with Crippen molar-refractivity contribution in [2.45, 2.75) is 45.2 Å². The third-order valence-corrected chi connectivity index (χ3v) is 4.83. The highest BCUT2D eigenvalue weighted by molar-refractivity contribution is 5.77. The van der Waals surface area contributed by atoms with Crippen LogP contribution < -0.4 is 0 Å². The summed E-state index contributed by atoms with van der Waals surface area (Å²) in [6.45, 7) is 7.25. The van der Waals surface area contributed by atoms with Crippen LogP contribution in [0, 0.1) is 0 Å². The molecule has 118 valence electrons. The number of rotatable bonds is 4. The van der Waals surface area contributed by atoms with Gasteiger partial charge >= 0.3 is 0 Å². The molecule has 2 saturated heterocycles. The Balaban J connectivity index is 1.62. The van der Waals surface area contributed by atoms with Gasteiger partial charge in [-0.25, -0.2) is 0 Å². The summed E-state index contributed by atoms with van der Waals surface area (Å²) >= 11 is 0. The second kappa shape index (κ2) is 6.66. The van der Waals surface area contributed by atoms with Crippen LogP contribution in [0.15, 0.2) is 35.9 Å². The molecule has 2 aliphatic rings. The van der Waals surface area contributed by atoms with Crippen LogP contribution in [0.2, 0.25) is 0 Å². The van der Waals surface area contributed by atoms with E-state index in [2.05, 4.69) is 47.1 Å². The Bertz CT molecular complexity index is 538. The number of hydrogen-bond donors (Lipinski definition) is 0. The molecule has 3 rings (SSSR count). The first-order valence-electron chi connectivity index (χ1n) is 8.43. The van der Waals surface area contributed by atoms with Crippen LogP contribution in [-0.2, 0) is 4.79 Å². The number of amides is 1. The van der Waals surface area contributed by atoms with Gasteiger partial charge in [0.25, 0.3) is 0 Å². The average molecular weight is 298 g/mol.